The van der Waals surface area contributed by atoms with Crippen molar-refractivity contribution < 1.29 is 15.0 Å². The van der Waals surface area contributed by atoms with Gasteiger partial charge in [0.15, 0.2) is 5.78 Å². The van der Waals surface area contributed by atoms with E-state index >= 15 is 0 Å². The third-order valence-electron chi connectivity index (χ3n) is 10.8. The molecular weight excluding hydrogens is 384 g/mol. The molecule has 0 aromatic rings. The molecule has 174 valence electrons. The molecule has 4 rings (SSSR count). The first-order chi connectivity index (χ1) is 14.6. The van der Waals surface area contributed by atoms with Crippen molar-refractivity contribution in [2.75, 3.05) is 6.61 Å². The maximum atomic E-state index is 12.1. The van der Waals surface area contributed by atoms with Gasteiger partial charge in [-0.1, -0.05) is 52.8 Å². The van der Waals surface area contributed by atoms with Gasteiger partial charge in [-0.25, -0.2) is 0 Å². The quantitative estimate of drug-likeness (QED) is 0.564. The molecule has 3 fully saturated rings. The number of allylic oxidation sites excluding steroid dienone is 3. The highest BCUT2D eigenvalue weighted by atomic mass is 16.3. The van der Waals surface area contributed by atoms with E-state index in [9.17, 15) is 15.0 Å². The van der Waals surface area contributed by atoms with E-state index in [2.05, 4.69) is 52.8 Å². The van der Waals surface area contributed by atoms with Crippen LogP contribution in [-0.4, -0.2) is 28.2 Å². The molecule has 0 amide bonds. The molecule has 2 N–H and O–H groups in total. The van der Waals surface area contributed by atoms with Crippen molar-refractivity contribution in [2.45, 2.75) is 85.2 Å². The van der Waals surface area contributed by atoms with Crippen LogP contribution in [0.4, 0.5) is 0 Å². The summed E-state index contributed by atoms with van der Waals surface area (Å²) in [6.45, 7) is 11.4. The van der Waals surface area contributed by atoms with Gasteiger partial charge < -0.3 is 10.2 Å². The number of hydrogen-bond donors (Lipinski definition) is 2. The van der Waals surface area contributed by atoms with Crippen molar-refractivity contribution in [3.8, 4) is 0 Å². The van der Waals surface area contributed by atoms with Gasteiger partial charge in [-0.15, -0.1) is 0 Å². The average molecular weight is 429 g/mol. The zero-order chi connectivity index (χ0) is 22.6. The average Bonchev–Trinajstić information content (AvgIpc) is 3.00. The number of carbonyl (C=O) groups excluding carboxylic acids is 1. The summed E-state index contributed by atoms with van der Waals surface area (Å²) < 4.78 is 0. The molecule has 0 heterocycles. The summed E-state index contributed by atoms with van der Waals surface area (Å²) >= 11 is 0. The van der Waals surface area contributed by atoms with Gasteiger partial charge in [-0.2, -0.15) is 0 Å². The Morgan fingerprint density at radius 2 is 1.77 bits per heavy atom. The molecule has 31 heavy (non-hydrogen) atoms. The SMILES string of the molecule is CC(C)[C@H](C)/C=C/[C@@H](CO)[C@@]1(O)CC[C@H]2[C@H]3CC[C@H]4CC(=O)C=C[C@]4(C)[C@H]3CC[C@@]21C. The van der Waals surface area contributed by atoms with Crippen LogP contribution in [0, 0.1) is 52.3 Å². The lowest BCUT2D eigenvalue weighted by Gasteiger charge is -2.60. The topological polar surface area (TPSA) is 57.5 Å². The van der Waals surface area contributed by atoms with Crippen LogP contribution in [0.3, 0.4) is 0 Å². The maximum Gasteiger partial charge on any atom is 0.155 e. The number of fused-ring (bicyclic) bond motifs is 5. The first-order valence-electron chi connectivity index (χ1n) is 12.8. The predicted octanol–water partition coefficient (Wildman–Crippen LogP) is 5.56. The summed E-state index contributed by atoms with van der Waals surface area (Å²) in [6.07, 6.45) is 15.4. The maximum absolute atomic E-state index is 12.1. The van der Waals surface area contributed by atoms with Gasteiger partial charge in [-0.05, 0) is 85.5 Å². The first kappa shape index (κ1) is 23.2. The minimum atomic E-state index is -0.833. The third-order valence-corrected chi connectivity index (χ3v) is 10.8. The summed E-state index contributed by atoms with van der Waals surface area (Å²) in [5, 5.41) is 22.4. The minimum absolute atomic E-state index is 0.0128. The Balaban J connectivity index is 1.60. The Hall–Kier alpha value is -0.930. The molecule has 3 heteroatoms. The summed E-state index contributed by atoms with van der Waals surface area (Å²) in [5.41, 5.74) is -0.854. The highest BCUT2D eigenvalue weighted by molar-refractivity contribution is 5.91. The second-order valence-corrected chi connectivity index (χ2v) is 12.2. The monoisotopic (exact) mass is 428 g/mol. The van der Waals surface area contributed by atoms with Crippen molar-refractivity contribution in [1.82, 2.24) is 0 Å². The lowest BCUT2D eigenvalue weighted by atomic mass is 9.45. The van der Waals surface area contributed by atoms with Gasteiger partial charge >= 0.3 is 0 Å². The van der Waals surface area contributed by atoms with Gasteiger partial charge in [0.25, 0.3) is 0 Å². The number of aliphatic hydroxyl groups excluding tert-OH is 1. The van der Waals surface area contributed by atoms with Crippen molar-refractivity contribution in [3.05, 3.63) is 24.3 Å². The van der Waals surface area contributed by atoms with Crippen LogP contribution in [0.2, 0.25) is 0 Å². The molecule has 9 atom stereocenters. The number of ketones is 1. The number of rotatable bonds is 5. The molecule has 0 spiro atoms. The van der Waals surface area contributed by atoms with Crippen LogP contribution in [0.15, 0.2) is 24.3 Å². The van der Waals surface area contributed by atoms with Gasteiger partial charge in [0, 0.05) is 17.8 Å². The van der Waals surface area contributed by atoms with E-state index in [0.29, 0.717) is 47.7 Å². The molecule has 0 radical (unpaired) electrons. The molecule has 0 unspecified atom stereocenters. The Morgan fingerprint density at radius 3 is 2.45 bits per heavy atom. The van der Waals surface area contributed by atoms with Gasteiger partial charge in [-0.3, -0.25) is 4.79 Å². The number of hydrogen-bond acceptors (Lipinski definition) is 3. The molecule has 0 aromatic carbocycles. The van der Waals surface area contributed by atoms with Crippen molar-refractivity contribution in [1.29, 1.82) is 0 Å². The summed E-state index contributed by atoms with van der Waals surface area (Å²) in [4.78, 5) is 12.0. The van der Waals surface area contributed by atoms with Crippen LogP contribution < -0.4 is 0 Å². The fraction of sp³-hybridized carbons (Fsp3) is 0.821. The van der Waals surface area contributed by atoms with E-state index in [1.807, 2.05) is 6.08 Å². The van der Waals surface area contributed by atoms with E-state index in [-0.39, 0.29) is 23.4 Å². The molecule has 0 bridgehead atoms. The fourth-order valence-electron chi connectivity index (χ4n) is 8.20. The zero-order valence-electron chi connectivity index (χ0n) is 20.3. The molecular formula is C28H44O3. The molecule has 0 aliphatic heterocycles. The Kier molecular flexibility index (Phi) is 6.10. The second kappa shape index (κ2) is 8.13. The number of aliphatic hydroxyl groups is 2. The van der Waals surface area contributed by atoms with E-state index in [0.717, 1.165) is 32.1 Å². The molecule has 4 aliphatic rings. The number of carbonyl (C=O) groups is 1. The lowest BCUT2D eigenvalue weighted by molar-refractivity contribution is -0.159. The summed E-state index contributed by atoms with van der Waals surface area (Å²) in [7, 11) is 0. The lowest BCUT2D eigenvalue weighted by Crippen LogP contribution is -2.58. The van der Waals surface area contributed by atoms with E-state index in [1.165, 1.54) is 6.42 Å². The predicted molar refractivity (Wildman–Crippen MR) is 125 cm³/mol. The summed E-state index contributed by atoms with van der Waals surface area (Å²) in [6, 6.07) is 0. The Morgan fingerprint density at radius 1 is 1.06 bits per heavy atom. The zero-order valence-corrected chi connectivity index (χ0v) is 20.3. The highest BCUT2D eigenvalue weighted by Gasteiger charge is 2.65. The van der Waals surface area contributed by atoms with Gasteiger partial charge in [0.2, 0.25) is 0 Å². The molecule has 0 saturated heterocycles. The van der Waals surface area contributed by atoms with Crippen LogP contribution in [0.5, 0.6) is 0 Å². The van der Waals surface area contributed by atoms with Crippen molar-refractivity contribution >= 4 is 5.78 Å². The smallest absolute Gasteiger partial charge is 0.155 e. The third kappa shape index (κ3) is 3.50. The van der Waals surface area contributed by atoms with Gasteiger partial charge in [0.1, 0.15) is 0 Å². The highest BCUT2D eigenvalue weighted by Crippen LogP contribution is 2.68. The first-order valence-corrected chi connectivity index (χ1v) is 12.8. The van der Waals surface area contributed by atoms with Crippen molar-refractivity contribution in [3.63, 3.8) is 0 Å². The molecule has 3 saturated carbocycles. The largest absolute Gasteiger partial charge is 0.396 e. The van der Waals surface area contributed by atoms with Crippen molar-refractivity contribution in [2.24, 2.45) is 52.3 Å². The standard InChI is InChI=1S/C28H44O3/c1-18(2)19(3)6-7-21(17-29)28(31)15-12-25-23-9-8-20-16-22(30)10-13-26(20,4)24(23)11-14-27(25,28)5/h6-7,10,13,18-21,23-25,29,31H,8-9,11-12,14-17H2,1-5H3/b7-6+/t19-,20+,21+,23+,24+,25+,26+,27+,28+/m1/s1. The second-order valence-electron chi connectivity index (χ2n) is 12.2. The summed E-state index contributed by atoms with van der Waals surface area (Å²) in [5.74, 6) is 3.31. The van der Waals surface area contributed by atoms with Crippen LogP contribution in [0.1, 0.15) is 79.6 Å². The molecule has 0 aromatic heterocycles. The van der Waals surface area contributed by atoms with Crippen LogP contribution in [0.25, 0.3) is 0 Å². The van der Waals surface area contributed by atoms with Crippen LogP contribution in [-0.2, 0) is 4.79 Å². The molecule has 4 aliphatic carbocycles. The van der Waals surface area contributed by atoms with E-state index in [1.54, 1.807) is 0 Å². The molecule has 3 nitrogen and oxygen atoms in total. The Bertz CT molecular complexity index is 753. The normalized spacial score (nSPS) is 46.6. The minimum Gasteiger partial charge on any atom is -0.396 e. The van der Waals surface area contributed by atoms with Crippen LogP contribution >= 0.6 is 0 Å². The van der Waals surface area contributed by atoms with E-state index < -0.39 is 5.60 Å². The van der Waals surface area contributed by atoms with Gasteiger partial charge in [0.05, 0.1) is 12.2 Å². The fourth-order valence-corrected chi connectivity index (χ4v) is 8.20. The Labute approximate surface area is 189 Å². The van der Waals surface area contributed by atoms with E-state index in [4.69, 9.17) is 0 Å².